The molecule has 0 aromatic rings. The fraction of sp³-hybridized carbons (Fsp3) is 0.833. The molecule has 1 rings (SSSR count). The lowest BCUT2D eigenvalue weighted by Gasteiger charge is -2.38. The Labute approximate surface area is 111 Å². The topological polar surface area (TPSA) is 60.9 Å². The maximum atomic E-state index is 12.3. The monoisotopic (exact) mass is 278 g/mol. The van der Waals surface area contributed by atoms with Gasteiger partial charge in [0, 0.05) is 26.1 Å². The van der Waals surface area contributed by atoms with Crippen molar-refractivity contribution < 1.29 is 23.5 Å². The van der Waals surface area contributed by atoms with E-state index < -0.39 is 25.0 Å². The molecule has 1 fully saturated rings. The van der Waals surface area contributed by atoms with Crippen LogP contribution in [-0.4, -0.2) is 59.5 Å². The number of nitrogens with zero attached hydrogens (tertiary/aromatic N) is 2. The molecule has 1 saturated heterocycles. The van der Waals surface area contributed by atoms with Crippen molar-refractivity contribution in [1.29, 1.82) is 0 Å². The van der Waals surface area contributed by atoms with Crippen molar-refractivity contribution in [3.63, 3.8) is 0 Å². The molecular formula is C12H20F2N2O3. The molecule has 1 aliphatic heterocycles. The largest absolute Gasteiger partial charge is 0.481 e. The van der Waals surface area contributed by atoms with E-state index in [9.17, 15) is 18.4 Å². The van der Waals surface area contributed by atoms with Gasteiger partial charge < -0.3 is 14.9 Å². The quantitative estimate of drug-likeness (QED) is 0.837. The van der Waals surface area contributed by atoms with Gasteiger partial charge in [-0.1, -0.05) is 0 Å². The molecule has 0 radical (unpaired) electrons. The highest BCUT2D eigenvalue weighted by molar-refractivity contribution is 5.74. The van der Waals surface area contributed by atoms with Crippen LogP contribution in [0.15, 0.2) is 0 Å². The number of hydrogen-bond acceptors (Lipinski definition) is 2. The summed E-state index contributed by atoms with van der Waals surface area (Å²) in [5.41, 5.74) is 0. The van der Waals surface area contributed by atoms with Crippen LogP contribution in [0.4, 0.5) is 13.6 Å². The zero-order valence-electron chi connectivity index (χ0n) is 11.0. The van der Waals surface area contributed by atoms with Gasteiger partial charge in [0.05, 0.1) is 6.54 Å². The molecule has 0 aromatic heterocycles. The highest BCUT2D eigenvalue weighted by atomic mass is 19.3. The zero-order valence-corrected chi connectivity index (χ0v) is 11.0. The van der Waals surface area contributed by atoms with Crippen molar-refractivity contribution in [2.45, 2.75) is 44.6 Å². The average molecular weight is 278 g/mol. The lowest BCUT2D eigenvalue weighted by molar-refractivity contribution is -0.137. The predicted octanol–water partition coefficient (Wildman–Crippen LogP) is 2.02. The molecular weight excluding hydrogens is 258 g/mol. The lowest BCUT2D eigenvalue weighted by Crippen LogP contribution is -2.50. The van der Waals surface area contributed by atoms with Gasteiger partial charge in [-0.2, -0.15) is 0 Å². The average Bonchev–Trinajstić information content (AvgIpc) is 2.35. The minimum Gasteiger partial charge on any atom is -0.481 e. The molecule has 19 heavy (non-hydrogen) atoms. The molecule has 1 aliphatic rings. The number of carboxylic acid groups (broad SMARTS) is 1. The van der Waals surface area contributed by atoms with Gasteiger partial charge in [0.2, 0.25) is 0 Å². The summed E-state index contributed by atoms with van der Waals surface area (Å²) in [6.07, 6.45) is 0.319. The zero-order chi connectivity index (χ0) is 14.4. The van der Waals surface area contributed by atoms with Crippen LogP contribution in [0.3, 0.4) is 0 Å². The van der Waals surface area contributed by atoms with E-state index in [1.165, 1.54) is 11.9 Å². The van der Waals surface area contributed by atoms with Crippen molar-refractivity contribution in [2.75, 3.05) is 20.1 Å². The van der Waals surface area contributed by atoms with Gasteiger partial charge >= 0.3 is 12.0 Å². The summed E-state index contributed by atoms with van der Waals surface area (Å²) in [5, 5.41) is 8.68. The number of carboxylic acids is 1. The first-order chi connectivity index (χ1) is 8.91. The first-order valence-corrected chi connectivity index (χ1v) is 6.43. The standard InChI is InChI=1S/C12H20F2N2O3/c1-15(8-10(13)14)12(19)16-7-3-2-4-9(16)5-6-11(17)18/h9-10H,2-8H2,1H3,(H,17,18). The molecule has 0 saturated carbocycles. The van der Waals surface area contributed by atoms with Crippen LogP contribution in [-0.2, 0) is 4.79 Å². The van der Waals surface area contributed by atoms with Gasteiger partial charge in [0.1, 0.15) is 0 Å². The molecule has 1 N–H and O–H groups in total. The normalized spacial score (nSPS) is 19.6. The van der Waals surface area contributed by atoms with Crippen molar-refractivity contribution in [2.24, 2.45) is 0 Å². The number of halogens is 2. The van der Waals surface area contributed by atoms with E-state index in [-0.39, 0.29) is 12.5 Å². The van der Waals surface area contributed by atoms with Crippen molar-refractivity contribution in [3.8, 4) is 0 Å². The maximum absolute atomic E-state index is 12.3. The van der Waals surface area contributed by atoms with E-state index in [2.05, 4.69) is 0 Å². The molecule has 0 aliphatic carbocycles. The minimum atomic E-state index is -2.56. The predicted molar refractivity (Wildman–Crippen MR) is 65.2 cm³/mol. The third-order valence-electron chi connectivity index (χ3n) is 3.30. The third-order valence-corrected chi connectivity index (χ3v) is 3.30. The smallest absolute Gasteiger partial charge is 0.320 e. The molecule has 0 aromatic carbocycles. The molecule has 1 heterocycles. The van der Waals surface area contributed by atoms with Gasteiger partial charge in [0.25, 0.3) is 6.43 Å². The first-order valence-electron chi connectivity index (χ1n) is 6.43. The van der Waals surface area contributed by atoms with Gasteiger partial charge in [-0.3, -0.25) is 4.79 Å². The number of carbonyl (C=O) groups excluding carboxylic acids is 1. The Hall–Kier alpha value is -1.40. The number of piperidine rings is 1. The molecule has 2 amide bonds. The Morgan fingerprint density at radius 1 is 1.42 bits per heavy atom. The van der Waals surface area contributed by atoms with Crippen molar-refractivity contribution in [3.05, 3.63) is 0 Å². The van der Waals surface area contributed by atoms with Crippen LogP contribution in [0.2, 0.25) is 0 Å². The van der Waals surface area contributed by atoms with Crippen LogP contribution < -0.4 is 0 Å². The number of likely N-dealkylation sites (tertiary alicyclic amines) is 1. The fourth-order valence-electron chi connectivity index (χ4n) is 2.35. The summed E-state index contributed by atoms with van der Waals surface area (Å²) in [7, 11) is 1.34. The molecule has 7 heteroatoms. The molecule has 0 spiro atoms. The van der Waals surface area contributed by atoms with Gasteiger partial charge in [0.15, 0.2) is 0 Å². The van der Waals surface area contributed by atoms with Crippen LogP contribution in [0.1, 0.15) is 32.1 Å². The fourth-order valence-corrected chi connectivity index (χ4v) is 2.35. The van der Waals surface area contributed by atoms with E-state index in [1.54, 1.807) is 0 Å². The third kappa shape index (κ3) is 5.00. The number of rotatable bonds is 5. The van der Waals surface area contributed by atoms with E-state index in [0.29, 0.717) is 13.0 Å². The SMILES string of the molecule is CN(CC(F)F)C(=O)N1CCCCC1CCC(=O)O. The Morgan fingerprint density at radius 2 is 2.11 bits per heavy atom. The second kappa shape index (κ2) is 7.25. The summed E-state index contributed by atoms with van der Waals surface area (Å²) in [5.74, 6) is -0.904. The summed E-state index contributed by atoms with van der Waals surface area (Å²) >= 11 is 0. The number of aliphatic carboxylic acids is 1. The number of amides is 2. The summed E-state index contributed by atoms with van der Waals surface area (Å²) in [6, 6.07) is -0.590. The molecule has 110 valence electrons. The molecule has 1 unspecified atom stereocenters. The van der Waals surface area contributed by atoms with Crippen LogP contribution in [0.5, 0.6) is 0 Å². The number of carbonyl (C=O) groups is 2. The van der Waals surface area contributed by atoms with Gasteiger partial charge in [-0.05, 0) is 25.7 Å². The molecule has 1 atom stereocenters. The Kier molecular flexibility index (Phi) is 5.98. The summed E-state index contributed by atoms with van der Waals surface area (Å²) in [6.45, 7) is -0.0856. The van der Waals surface area contributed by atoms with Crippen molar-refractivity contribution in [1.82, 2.24) is 9.80 Å². The van der Waals surface area contributed by atoms with Crippen LogP contribution in [0, 0.1) is 0 Å². The summed E-state index contributed by atoms with van der Waals surface area (Å²) in [4.78, 5) is 25.2. The van der Waals surface area contributed by atoms with Gasteiger partial charge in [-0.25, -0.2) is 13.6 Å². The first kappa shape index (κ1) is 15.7. The highest BCUT2D eigenvalue weighted by Crippen LogP contribution is 2.22. The Bertz CT molecular complexity index is 326. The second-order valence-corrected chi connectivity index (χ2v) is 4.83. The van der Waals surface area contributed by atoms with Crippen LogP contribution >= 0.6 is 0 Å². The summed E-state index contributed by atoms with van der Waals surface area (Å²) < 4.78 is 24.5. The van der Waals surface area contributed by atoms with E-state index in [4.69, 9.17) is 5.11 Å². The Morgan fingerprint density at radius 3 is 2.68 bits per heavy atom. The van der Waals surface area contributed by atoms with E-state index in [1.807, 2.05) is 0 Å². The number of urea groups is 1. The minimum absolute atomic E-state index is 0.00694. The number of alkyl halides is 2. The number of hydrogen-bond donors (Lipinski definition) is 1. The Balaban J connectivity index is 2.59. The lowest BCUT2D eigenvalue weighted by atomic mass is 9.98. The van der Waals surface area contributed by atoms with E-state index in [0.717, 1.165) is 24.2 Å². The molecule has 5 nitrogen and oxygen atoms in total. The van der Waals surface area contributed by atoms with E-state index >= 15 is 0 Å². The van der Waals surface area contributed by atoms with Crippen molar-refractivity contribution >= 4 is 12.0 Å². The second-order valence-electron chi connectivity index (χ2n) is 4.83. The van der Waals surface area contributed by atoms with Gasteiger partial charge in [-0.15, -0.1) is 0 Å². The van der Waals surface area contributed by atoms with Crippen LogP contribution in [0.25, 0.3) is 0 Å². The highest BCUT2D eigenvalue weighted by Gasteiger charge is 2.29. The molecule has 0 bridgehead atoms. The maximum Gasteiger partial charge on any atom is 0.320 e.